The molecule has 0 bridgehead atoms. The molecule has 174 valence electrons. The molecule has 2 aromatic carbocycles. The van der Waals surface area contributed by atoms with Gasteiger partial charge in [-0.3, -0.25) is 0 Å². The van der Waals surface area contributed by atoms with Gasteiger partial charge in [0.15, 0.2) is 5.65 Å². The van der Waals surface area contributed by atoms with E-state index in [0.29, 0.717) is 0 Å². The molecule has 7 nitrogen and oxygen atoms in total. The number of aliphatic hydroxyl groups excluding tert-OH is 1. The van der Waals surface area contributed by atoms with E-state index in [1.165, 1.54) is 0 Å². The van der Waals surface area contributed by atoms with Crippen molar-refractivity contribution in [1.82, 2.24) is 24.4 Å². The summed E-state index contributed by atoms with van der Waals surface area (Å²) in [5.74, 6) is 0.719. The molecule has 3 heterocycles. The maximum absolute atomic E-state index is 9.86. The van der Waals surface area contributed by atoms with Crippen molar-refractivity contribution in [3.8, 4) is 33.8 Å². The van der Waals surface area contributed by atoms with Gasteiger partial charge in [0.2, 0.25) is 0 Å². The van der Waals surface area contributed by atoms with Gasteiger partial charge in [0.25, 0.3) is 0 Å². The molecule has 5 aromatic rings. The predicted molar refractivity (Wildman–Crippen MR) is 134 cm³/mol. The van der Waals surface area contributed by atoms with Crippen molar-refractivity contribution >= 4 is 5.65 Å². The minimum Gasteiger partial charge on any atom is -0.496 e. The monoisotopic (exact) mass is 455 g/mol. The fourth-order valence-electron chi connectivity index (χ4n) is 4.11. The Hall–Kier alpha value is -3.97. The van der Waals surface area contributed by atoms with Crippen LogP contribution in [-0.2, 0) is 6.61 Å². The van der Waals surface area contributed by atoms with E-state index in [9.17, 15) is 5.11 Å². The number of aliphatic hydroxyl groups is 1. The number of benzene rings is 2. The number of rotatable bonds is 5. The molecule has 7 heteroatoms. The first-order chi connectivity index (χ1) is 16.6. The van der Waals surface area contributed by atoms with Gasteiger partial charge in [-0.2, -0.15) is 10.2 Å². The molecule has 0 unspecified atom stereocenters. The Morgan fingerprint density at radius 1 is 0.971 bits per heavy atom. The molecule has 0 fully saturated rings. The normalized spacial score (nSPS) is 10.8. The first-order valence-electron chi connectivity index (χ1n) is 11.3. The number of fused-ring (bicyclic) bond motifs is 1. The van der Waals surface area contributed by atoms with Crippen LogP contribution in [0.4, 0.5) is 0 Å². The van der Waals surface area contributed by atoms with Gasteiger partial charge >= 0.3 is 0 Å². The average Bonchev–Trinajstić information content (AvgIpc) is 3.52. The van der Waals surface area contributed by atoms with Gasteiger partial charge in [-0.25, -0.2) is 14.2 Å². The van der Waals surface area contributed by atoms with Crippen molar-refractivity contribution in [3.63, 3.8) is 0 Å². The number of ether oxygens (including phenoxy) is 1. The third kappa shape index (κ3) is 4.06. The van der Waals surface area contributed by atoms with Gasteiger partial charge < -0.3 is 9.84 Å². The summed E-state index contributed by atoms with van der Waals surface area (Å²) in [6.45, 7) is 7.89. The van der Waals surface area contributed by atoms with Crippen molar-refractivity contribution in [3.05, 3.63) is 83.9 Å². The van der Waals surface area contributed by atoms with Crippen molar-refractivity contribution in [1.29, 1.82) is 0 Å². The summed E-state index contributed by atoms with van der Waals surface area (Å²) >= 11 is 0. The van der Waals surface area contributed by atoms with Gasteiger partial charge in [0.05, 0.1) is 36.4 Å². The van der Waals surface area contributed by atoms with Crippen LogP contribution in [-0.4, -0.2) is 36.6 Å². The molecule has 0 aliphatic heterocycles. The number of hydrogen-bond acceptors (Lipinski definition) is 5. The van der Waals surface area contributed by atoms with Gasteiger partial charge in [0, 0.05) is 35.3 Å². The van der Waals surface area contributed by atoms with E-state index < -0.39 is 0 Å². The number of aryl methyl sites for hydroxylation is 2. The van der Waals surface area contributed by atoms with Crippen LogP contribution in [0, 0.1) is 13.8 Å². The lowest BCUT2D eigenvalue weighted by atomic mass is 10.0. The molecule has 0 saturated heterocycles. The zero-order valence-electron chi connectivity index (χ0n) is 20.1. The molecule has 5 rings (SSSR count). The number of hydrogen-bond donors (Lipinski definition) is 1. The quantitative estimate of drug-likeness (QED) is 0.384. The predicted octanol–water partition coefficient (Wildman–Crippen LogP) is 5.39. The van der Waals surface area contributed by atoms with E-state index in [4.69, 9.17) is 14.8 Å². The van der Waals surface area contributed by atoms with Crippen LogP contribution < -0.4 is 4.74 Å². The van der Waals surface area contributed by atoms with Gasteiger partial charge in [0.1, 0.15) is 5.75 Å². The van der Waals surface area contributed by atoms with Crippen molar-refractivity contribution in [2.75, 3.05) is 7.11 Å². The molecule has 3 aromatic heterocycles. The SMILES string of the molecule is CC.COc1cc(-n2cccn2)ccc1-c1c(C)nn2c(-c3ccccc3CO)cc(C)nc12. The van der Waals surface area contributed by atoms with Crippen LogP contribution in [0.15, 0.2) is 67.0 Å². The average molecular weight is 456 g/mol. The van der Waals surface area contributed by atoms with E-state index in [0.717, 1.165) is 56.4 Å². The minimum atomic E-state index is -0.0468. The van der Waals surface area contributed by atoms with E-state index in [2.05, 4.69) is 5.10 Å². The Kier molecular flexibility index (Phi) is 6.75. The largest absolute Gasteiger partial charge is 0.496 e. The molecule has 0 spiro atoms. The number of methoxy groups -OCH3 is 1. The van der Waals surface area contributed by atoms with Crippen LogP contribution in [0.2, 0.25) is 0 Å². The maximum Gasteiger partial charge on any atom is 0.164 e. The first kappa shape index (κ1) is 23.2. The van der Waals surface area contributed by atoms with Crippen LogP contribution in [0.3, 0.4) is 0 Å². The summed E-state index contributed by atoms with van der Waals surface area (Å²) in [5, 5.41) is 19.0. The van der Waals surface area contributed by atoms with Crippen molar-refractivity contribution in [2.24, 2.45) is 0 Å². The van der Waals surface area contributed by atoms with Crippen LogP contribution in [0.25, 0.3) is 33.7 Å². The van der Waals surface area contributed by atoms with E-state index in [1.807, 2.05) is 93.0 Å². The summed E-state index contributed by atoms with van der Waals surface area (Å²) in [6, 6.07) is 17.7. The smallest absolute Gasteiger partial charge is 0.164 e. The summed E-state index contributed by atoms with van der Waals surface area (Å²) in [6.07, 6.45) is 3.64. The molecule has 0 amide bonds. The Balaban J connectivity index is 0.00000133. The van der Waals surface area contributed by atoms with E-state index in [1.54, 1.807) is 18.0 Å². The molecule has 0 radical (unpaired) electrons. The summed E-state index contributed by atoms with van der Waals surface area (Å²) in [7, 11) is 1.66. The highest BCUT2D eigenvalue weighted by atomic mass is 16.5. The molecular formula is C27H29N5O2. The molecule has 0 aliphatic carbocycles. The second kappa shape index (κ2) is 9.89. The second-order valence-electron chi connectivity index (χ2n) is 7.63. The lowest BCUT2D eigenvalue weighted by Crippen LogP contribution is -2.01. The highest BCUT2D eigenvalue weighted by Gasteiger charge is 2.21. The Labute approximate surface area is 199 Å². The van der Waals surface area contributed by atoms with Gasteiger partial charge in [-0.15, -0.1) is 0 Å². The number of aromatic nitrogens is 5. The Morgan fingerprint density at radius 2 is 1.76 bits per heavy atom. The molecule has 34 heavy (non-hydrogen) atoms. The van der Waals surface area contributed by atoms with Crippen LogP contribution >= 0.6 is 0 Å². The highest BCUT2D eigenvalue weighted by Crippen LogP contribution is 2.37. The zero-order valence-corrected chi connectivity index (χ0v) is 20.1. The maximum atomic E-state index is 9.86. The highest BCUT2D eigenvalue weighted by molar-refractivity contribution is 5.85. The van der Waals surface area contributed by atoms with Crippen molar-refractivity contribution < 1.29 is 9.84 Å². The zero-order chi connectivity index (χ0) is 24.2. The van der Waals surface area contributed by atoms with E-state index in [-0.39, 0.29) is 6.61 Å². The molecule has 0 aliphatic rings. The first-order valence-corrected chi connectivity index (χ1v) is 11.3. The fraction of sp³-hybridized carbons (Fsp3) is 0.222. The van der Waals surface area contributed by atoms with Gasteiger partial charge in [-0.05, 0) is 43.7 Å². The lowest BCUT2D eigenvalue weighted by Gasteiger charge is -2.12. The number of nitrogens with zero attached hydrogens (tertiary/aromatic N) is 5. The third-order valence-corrected chi connectivity index (χ3v) is 5.58. The second-order valence-corrected chi connectivity index (χ2v) is 7.63. The molecule has 0 saturated carbocycles. The van der Waals surface area contributed by atoms with Crippen LogP contribution in [0.5, 0.6) is 5.75 Å². The summed E-state index contributed by atoms with van der Waals surface area (Å²) in [4.78, 5) is 4.83. The van der Waals surface area contributed by atoms with Crippen LogP contribution in [0.1, 0.15) is 30.8 Å². The van der Waals surface area contributed by atoms with Crippen molar-refractivity contribution in [2.45, 2.75) is 34.3 Å². The molecule has 0 atom stereocenters. The Bertz CT molecular complexity index is 1420. The fourth-order valence-corrected chi connectivity index (χ4v) is 4.11. The summed E-state index contributed by atoms with van der Waals surface area (Å²) in [5.41, 5.74) is 7.86. The summed E-state index contributed by atoms with van der Waals surface area (Å²) < 4.78 is 9.40. The molecule has 1 N–H and O–H groups in total. The van der Waals surface area contributed by atoms with Gasteiger partial charge in [-0.1, -0.05) is 38.1 Å². The lowest BCUT2D eigenvalue weighted by molar-refractivity contribution is 0.282. The topological polar surface area (TPSA) is 77.5 Å². The van der Waals surface area contributed by atoms with E-state index >= 15 is 0 Å². The molecular weight excluding hydrogens is 426 g/mol. The standard InChI is InChI=1S/C25H23N5O2.C2H6/c1-16-13-22(20-8-5-4-7-18(20)15-31)30-25(27-16)24(17(2)28-30)21-10-9-19(14-23(21)32-3)29-12-6-11-26-29;1-2/h4-14,31H,15H2,1-3H3;1-2H3. The third-order valence-electron chi connectivity index (χ3n) is 5.58. The Morgan fingerprint density at radius 3 is 2.47 bits per heavy atom. The minimum absolute atomic E-state index is 0.0468.